The Kier molecular flexibility index (Phi) is 8.29. The van der Waals surface area contributed by atoms with Crippen LogP contribution in [-0.4, -0.2) is 39.9 Å². The summed E-state index contributed by atoms with van der Waals surface area (Å²) in [5, 5.41) is 0. The molecule has 1 N–H and O–H groups in total. The second-order valence-electron chi connectivity index (χ2n) is 5.94. The van der Waals surface area contributed by atoms with Gasteiger partial charge in [-0.15, -0.1) is 0 Å². The number of sulfonamides is 1. The van der Waals surface area contributed by atoms with Crippen molar-refractivity contribution in [3.05, 3.63) is 65.7 Å². The highest BCUT2D eigenvalue weighted by Crippen LogP contribution is 2.12. The van der Waals surface area contributed by atoms with E-state index in [0.717, 1.165) is 11.1 Å². The SMILES string of the molecule is CCOC(=O)COc1ccc(CCNS(=O)(=O)CCc2ccccc2)cc1. The molecular weight excluding hydrogens is 366 g/mol. The Morgan fingerprint density at radius 3 is 2.30 bits per heavy atom. The Morgan fingerprint density at radius 1 is 0.963 bits per heavy atom. The molecule has 0 spiro atoms. The predicted octanol–water partition coefficient (Wildman–Crippen LogP) is 2.33. The highest BCUT2D eigenvalue weighted by atomic mass is 32.2. The molecular formula is C20H25NO5S. The van der Waals surface area contributed by atoms with Crippen molar-refractivity contribution in [2.45, 2.75) is 19.8 Å². The quantitative estimate of drug-likeness (QED) is 0.595. The molecule has 0 fully saturated rings. The Labute approximate surface area is 160 Å². The fourth-order valence-electron chi connectivity index (χ4n) is 2.42. The van der Waals surface area contributed by atoms with Crippen molar-refractivity contribution in [2.24, 2.45) is 0 Å². The number of aryl methyl sites for hydroxylation is 1. The van der Waals surface area contributed by atoms with Crippen molar-refractivity contribution in [2.75, 3.05) is 25.5 Å². The van der Waals surface area contributed by atoms with Gasteiger partial charge in [-0.1, -0.05) is 42.5 Å². The van der Waals surface area contributed by atoms with Crippen LogP contribution >= 0.6 is 0 Å². The number of nitrogens with one attached hydrogen (secondary N) is 1. The van der Waals surface area contributed by atoms with Crippen LogP contribution < -0.4 is 9.46 Å². The van der Waals surface area contributed by atoms with Gasteiger partial charge in [0.05, 0.1) is 12.4 Å². The molecule has 0 aliphatic rings. The van der Waals surface area contributed by atoms with Gasteiger partial charge in [-0.3, -0.25) is 0 Å². The third-order valence-corrected chi connectivity index (χ3v) is 5.21. The highest BCUT2D eigenvalue weighted by Gasteiger charge is 2.10. The van der Waals surface area contributed by atoms with Gasteiger partial charge in [-0.2, -0.15) is 0 Å². The van der Waals surface area contributed by atoms with Gasteiger partial charge in [0.25, 0.3) is 0 Å². The molecule has 6 nitrogen and oxygen atoms in total. The highest BCUT2D eigenvalue weighted by molar-refractivity contribution is 7.89. The zero-order chi connectivity index (χ0) is 19.5. The Hall–Kier alpha value is -2.38. The summed E-state index contributed by atoms with van der Waals surface area (Å²) < 4.78 is 36.9. The maximum atomic E-state index is 12.1. The lowest BCUT2D eigenvalue weighted by Gasteiger charge is -2.08. The van der Waals surface area contributed by atoms with Crippen molar-refractivity contribution < 1.29 is 22.7 Å². The zero-order valence-corrected chi connectivity index (χ0v) is 16.2. The summed E-state index contributed by atoms with van der Waals surface area (Å²) >= 11 is 0. The van der Waals surface area contributed by atoms with E-state index in [2.05, 4.69) is 4.72 Å². The standard InChI is InChI=1S/C20H25NO5S/c1-2-25-20(22)16-26-19-10-8-18(9-11-19)12-14-21-27(23,24)15-13-17-6-4-3-5-7-17/h3-11,21H,2,12-16H2,1H3. The first-order valence-electron chi connectivity index (χ1n) is 8.87. The molecule has 0 amide bonds. The van der Waals surface area contributed by atoms with E-state index < -0.39 is 16.0 Å². The number of benzene rings is 2. The molecule has 0 bridgehead atoms. The Morgan fingerprint density at radius 2 is 1.63 bits per heavy atom. The van der Waals surface area contributed by atoms with E-state index in [-0.39, 0.29) is 12.4 Å². The van der Waals surface area contributed by atoms with Crippen molar-refractivity contribution in [3.8, 4) is 5.75 Å². The number of hydrogen-bond acceptors (Lipinski definition) is 5. The molecule has 0 aromatic heterocycles. The molecule has 0 saturated heterocycles. The maximum Gasteiger partial charge on any atom is 0.344 e. The van der Waals surface area contributed by atoms with Gasteiger partial charge in [0.15, 0.2) is 6.61 Å². The first-order valence-corrected chi connectivity index (χ1v) is 10.5. The fraction of sp³-hybridized carbons (Fsp3) is 0.350. The van der Waals surface area contributed by atoms with Gasteiger partial charge in [0, 0.05) is 6.54 Å². The lowest BCUT2D eigenvalue weighted by molar-refractivity contribution is -0.145. The minimum absolute atomic E-state index is 0.0671. The molecule has 0 radical (unpaired) electrons. The number of hydrogen-bond donors (Lipinski definition) is 1. The van der Waals surface area contributed by atoms with E-state index in [1.807, 2.05) is 42.5 Å². The minimum Gasteiger partial charge on any atom is -0.482 e. The van der Waals surface area contributed by atoms with E-state index in [4.69, 9.17) is 9.47 Å². The van der Waals surface area contributed by atoms with Crippen molar-refractivity contribution >= 4 is 16.0 Å². The summed E-state index contributed by atoms with van der Waals surface area (Å²) in [6.45, 7) is 2.26. The van der Waals surface area contributed by atoms with Crippen LogP contribution in [0.15, 0.2) is 54.6 Å². The van der Waals surface area contributed by atoms with Crippen LogP contribution in [0.5, 0.6) is 5.75 Å². The molecule has 146 valence electrons. The molecule has 2 aromatic carbocycles. The Bertz CT molecular complexity index is 804. The van der Waals surface area contributed by atoms with Crippen LogP contribution in [0.25, 0.3) is 0 Å². The van der Waals surface area contributed by atoms with Crippen LogP contribution in [0.3, 0.4) is 0 Å². The van der Waals surface area contributed by atoms with E-state index in [1.54, 1.807) is 19.1 Å². The van der Waals surface area contributed by atoms with Gasteiger partial charge >= 0.3 is 5.97 Å². The monoisotopic (exact) mass is 391 g/mol. The number of carbonyl (C=O) groups excluding carboxylic acids is 1. The summed E-state index contributed by atoms with van der Waals surface area (Å²) in [4.78, 5) is 11.3. The average Bonchev–Trinajstić information content (AvgIpc) is 2.67. The van der Waals surface area contributed by atoms with Crippen LogP contribution in [0, 0.1) is 0 Å². The van der Waals surface area contributed by atoms with Gasteiger partial charge in [0.2, 0.25) is 10.0 Å². The number of esters is 1. The second kappa shape index (κ2) is 10.7. The van der Waals surface area contributed by atoms with Crippen molar-refractivity contribution in [3.63, 3.8) is 0 Å². The van der Waals surface area contributed by atoms with Crippen molar-refractivity contribution in [1.29, 1.82) is 0 Å². The predicted molar refractivity (Wildman–Crippen MR) is 104 cm³/mol. The zero-order valence-electron chi connectivity index (χ0n) is 15.4. The minimum atomic E-state index is -3.31. The molecule has 27 heavy (non-hydrogen) atoms. The molecule has 0 aliphatic heterocycles. The normalized spacial score (nSPS) is 11.1. The smallest absolute Gasteiger partial charge is 0.344 e. The van der Waals surface area contributed by atoms with Crippen LogP contribution in [0.2, 0.25) is 0 Å². The molecule has 2 aromatic rings. The van der Waals surface area contributed by atoms with E-state index in [1.165, 1.54) is 0 Å². The van der Waals surface area contributed by atoms with Gasteiger partial charge in [-0.05, 0) is 43.0 Å². The molecule has 2 rings (SSSR count). The maximum absolute atomic E-state index is 12.1. The summed E-state index contributed by atoms with van der Waals surface area (Å²) in [6.07, 6.45) is 1.06. The topological polar surface area (TPSA) is 81.7 Å². The first-order chi connectivity index (χ1) is 13.0. The lowest BCUT2D eigenvalue weighted by Crippen LogP contribution is -2.29. The number of carbonyl (C=O) groups is 1. The first kappa shape index (κ1) is 20.9. The lowest BCUT2D eigenvalue weighted by atomic mass is 10.1. The van der Waals surface area contributed by atoms with E-state index in [9.17, 15) is 13.2 Å². The summed E-state index contributed by atoms with van der Waals surface area (Å²) in [5.41, 5.74) is 1.98. The van der Waals surface area contributed by atoms with E-state index in [0.29, 0.717) is 31.7 Å². The van der Waals surface area contributed by atoms with Crippen LogP contribution in [-0.2, 0) is 32.4 Å². The largest absolute Gasteiger partial charge is 0.482 e. The molecule has 7 heteroatoms. The Balaban J connectivity index is 1.72. The summed E-state index contributed by atoms with van der Waals surface area (Å²) in [5.74, 6) is 0.221. The van der Waals surface area contributed by atoms with Crippen LogP contribution in [0.1, 0.15) is 18.1 Å². The number of ether oxygens (including phenoxy) is 2. The average molecular weight is 391 g/mol. The molecule has 0 unspecified atom stereocenters. The summed E-state index contributed by atoms with van der Waals surface area (Å²) in [7, 11) is -3.31. The molecule has 0 saturated carbocycles. The molecule has 0 aliphatic carbocycles. The second-order valence-corrected chi connectivity index (χ2v) is 7.86. The third kappa shape index (κ3) is 8.23. The van der Waals surface area contributed by atoms with Gasteiger partial charge < -0.3 is 9.47 Å². The molecule has 0 heterocycles. The number of rotatable bonds is 11. The fourth-order valence-corrected chi connectivity index (χ4v) is 3.48. The van der Waals surface area contributed by atoms with E-state index >= 15 is 0 Å². The van der Waals surface area contributed by atoms with Gasteiger partial charge in [-0.25, -0.2) is 17.9 Å². The van der Waals surface area contributed by atoms with Gasteiger partial charge in [0.1, 0.15) is 5.75 Å². The molecule has 0 atom stereocenters. The summed E-state index contributed by atoms with van der Waals surface area (Å²) in [6, 6.07) is 16.7. The van der Waals surface area contributed by atoms with Crippen LogP contribution in [0.4, 0.5) is 0 Å². The third-order valence-electron chi connectivity index (χ3n) is 3.82. The van der Waals surface area contributed by atoms with Crippen molar-refractivity contribution in [1.82, 2.24) is 4.72 Å².